The largest absolute Gasteiger partial charge is 0.339 e. The van der Waals surface area contributed by atoms with Gasteiger partial charge in [-0.1, -0.05) is 11.6 Å². The van der Waals surface area contributed by atoms with Crippen LogP contribution < -0.4 is 5.32 Å². The zero-order valence-corrected chi connectivity index (χ0v) is 12.8. The number of hydrogen-bond donors (Lipinski definition) is 1. The number of halogens is 1. The van der Waals surface area contributed by atoms with Crippen LogP contribution >= 0.6 is 11.6 Å². The second-order valence-electron chi connectivity index (χ2n) is 4.40. The molecule has 2 aromatic rings. The molecule has 2 rings (SSSR count). The van der Waals surface area contributed by atoms with E-state index in [2.05, 4.69) is 15.3 Å². The van der Waals surface area contributed by atoms with Gasteiger partial charge in [0.1, 0.15) is 0 Å². The van der Waals surface area contributed by atoms with E-state index < -0.39 is 0 Å². The van der Waals surface area contributed by atoms with Crippen LogP contribution in [0.15, 0.2) is 36.7 Å². The standard InChI is InChI=1S/C15H17ClN4O/c1-3-20(4-2)14(21)11-9-17-15(18-10-11)19-13-7-5-12(16)6-8-13/h5-10H,3-4H2,1-2H3,(H,17,18,19). The Morgan fingerprint density at radius 1 is 1.14 bits per heavy atom. The molecule has 0 spiro atoms. The molecule has 0 fully saturated rings. The second-order valence-corrected chi connectivity index (χ2v) is 4.84. The highest BCUT2D eigenvalue weighted by Crippen LogP contribution is 2.16. The molecule has 0 atom stereocenters. The monoisotopic (exact) mass is 304 g/mol. The van der Waals surface area contributed by atoms with Crippen LogP contribution in [0.3, 0.4) is 0 Å². The van der Waals surface area contributed by atoms with Crippen LogP contribution in [-0.2, 0) is 0 Å². The Morgan fingerprint density at radius 2 is 1.71 bits per heavy atom. The number of carbonyl (C=O) groups excluding carboxylic acids is 1. The van der Waals surface area contributed by atoms with E-state index in [4.69, 9.17) is 11.6 Å². The smallest absolute Gasteiger partial charge is 0.256 e. The lowest BCUT2D eigenvalue weighted by atomic mass is 10.3. The highest BCUT2D eigenvalue weighted by molar-refractivity contribution is 6.30. The van der Waals surface area contributed by atoms with E-state index in [9.17, 15) is 4.79 Å². The fourth-order valence-electron chi connectivity index (χ4n) is 1.86. The maximum atomic E-state index is 12.1. The Labute approximate surface area is 129 Å². The lowest BCUT2D eigenvalue weighted by Crippen LogP contribution is -2.30. The number of rotatable bonds is 5. The van der Waals surface area contributed by atoms with Gasteiger partial charge >= 0.3 is 0 Å². The maximum Gasteiger partial charge on any atom is 0.256 e. The van der Waals surface area contributed by atoms with E-state index >= 15 is 0 Å². The normalized spacial score (nSPS) is 10.2. The highest BCUT2D eigenvalue weighted by atomic mass is 35.5. The van der Waals surface area contributed by atoms with E-state index in [0.29, 0.717) is 29.6 Å². The van der Waals surface area contributed by atoms with Crippen LogP contribution in [0.5, 0.6) is 0 Å². The summed E-state index contributed by atoms with van der Waals surface area (Å²) in [6.07, 6.45) is 3.07. The fraction of sp³-hybridized carbons (Fsp3) is 0.267. The first-order chi connectivity index (χ1) is 10.1. The Hall–Kier alpha value is -2.14. The molecule has 0 radical (unpaired) electrons. The van der Waals surface area contributed by atoms with Gasteiger partial charge in [0, 0.05) is 36.2 Å². The Bertz CT molecular complexity index is 594. The molecule has 0 aliphatic carbocycles. The van der Waals surface area contributed by atoms with Crippen molar-refractivity contribution < 1.29 is 4.79 Å². The summed E-state index contributed by atoms with van der Waals surface area (Å²) in [5.74, 6) is 0.381. The summed E-state index contributed by atoms with van der Waals surface area (Å²) in [5, 5.41) is 3.72. The quantitative estimate of drug-likeness (QED) is 0.920. The molecule has 1 heterocycles. The molecule has 0 saturated heterocycles. The molecule has 1 N–H and O–H groups in total. The van der Waals surface area contributed by atoms with E-state index in [-0.39, 0.29) is 5.91 Å². The lowest BCUT2D eigenvalue weighted by molar-refractivity contribution is 0.0772. The van der Waals surface area contributed by atoms with E-state index in [1.807, 2.05) is 26.0 Å². The number of nitrogens with one attached hydrogen (secondary N) is 1. The molecule has 1 amide bonds. The van der Waals surface area contributed by atoms with Gasteiger partial charge in [-0.05, 0) is 38.1 Å². The molecule has 0 unspecified atom stereocenters. The minimum absolute atomic E-state index is 0.0574. The van der Waals surface area contributed by atoms with Crippen molar-refractivity contribution in [1.82, 2.24) is 14.9 Å². The molecule has 1 aromatic heterocycles. The van der Waals surface area contributed by atoms with Crippen LogP contribution in [0.4, 0.5) is 11.6 Å². The third kappa shape index (κ3) is 3.92. The van der Waals surface area contributed by atoms with Crippen LogP contribution in [0.2, 0.25) is 5.02 Å². The van der Waals surface area contributed by atoms with Gasteiger partial charge in [-0.15, -0.1) is 0 Å². The van der Waals surface area contributed by atoms with Gasteiger partial charge < -0.3 is 10.2 Å². The number of hydrogen-bond acceptors (Lipinski definition) is 4. The van der Waals surface area contributed by atoms with Crippen molar-refractivity contribution in [2.75, 3.05) is 18.4 Å². The molecular weight excluding hydrogens is 288 g/mol. The van der Waals surface area contributed by atoms with E-state index in [1.165, 1.54) is 12.4 Å². The van der Waals surface area contributed by atoms with Crippen molar-refractivity contribution in [2.45, 2.75) is 13.8 Å². The zero-order chi connectivity index (χ0) is 15.2. The summed E-state index contributed by atoms with van der Waals surface area (Å²) in [5.41, 5.74) is 1.32. The van der Waals surface area contributed by atoms with Gasteiger partial charge in [-0.2, -0.15) is 0 Å². The van der Waals surface area contributed by atoms with Crippen molar-refractivity contribution >= 4 is 29.1 Å². The van der Waals surface area contributed by atoms with Gasteiger partial charge in [0.25, 0.3) is 5.91 Å². The van der Waals surface area contributed by atoms with Crippen molar-refractivity contribution in [3.05, 3.63) is 47.2 Å². The van der Waals surface area contributed by atoms with E-state index in [0.717, 1.165) is 5.69 Å². The number of anilines is 2. The fourth-order valence-corrected chi connectivity index (χ4v) is 1.98. The summed E-state index contributed by atoms with van der Waals surface area (Å²) in [4.78, 5) is 22.2. The Morgan fingerprint density at radius 3 is 2.24 bits per heavy atom. The number of nitrogens with zero attached hydrogens (tertiary/aromatic N) is 3. The lowest BCUT2D eigenvalue weighted by Gasteiger charge is -2.18. The molecule has 0 aliphatic rings. The molecule has 110 valence electrons. The number of carbonyl (C=O) groups is 1. The van der Waals surface area contributed by atoms with Crippen molar-refractivity contribution in [1.29, 1.82) is 0 Å². The first-order valence-electron chi connectivity index (χ1n) is 6.78. The number of aromatic nitrogens is 2. The van der Waals surface area contributed by atoms with Gasteiger partial charge in [0.15, 0.2) is 0 Å². The summed E-state index contributed by atoms with van der Waals surface area (Å²) < 4.78 is 0. The predicted molar refractivity (Wildman–Crippen MR) is 84.0 cm³/mol. The average Bonchev–Trinajstić information content (AvgIpc) is 2.51. The molecule has 6 heteroatoms. The van der Waals surface area contributed by atoms with E-state index in [1.54, 1.807) is 17.0 Å². The third-order valence-corrected chi connectivity index (χ3v) is 3.30. The molecule has 1 aromatic carbocycles. The zero-order valence-electron chi connectivity index (χ0n) is 12.0. The summed E-state index contributed by atoms with van der Waals surface area (Å²) in [6, 6.07) is 7.23. The summed E-state index contributed by atoms with van der Waals surface area (Å²) >= 11 is 5.83. The van der Waals surface area contributed by atoms with Gasteiger partial charge in [-0.25, -0.2) is 9.97 Å². The second kappa shape index (κ2) is 7.04. The molecule has 5 nitrogen and oxygen atoms in total. The molecule has 0 saturated carbocycles. The summed E-state index contributed by atoms with van der Waals surface area (Å²) in [6.45, 7) is 5.22. The number of benzene rings is 1. The topological polar surface area (TPSA) is 58.1 Å². The molecular formula is C15H17ClN4O. The predicted octanol–water partition coefficient (Wildman–Crippen LogP) is 3.36. The molecule has 0 aliphatic heterocycles. The minimum Gasteiger partial charge on any atom is -0.339 e. The first kappa shape index (κ1) is 15.3. The van der Waals surface area contributed by atoms with Crippen LogP contribution in [0.1, 0.15) is 24.2 Å². The van der Waals surface area contributed by atoms with Gasteiger partial charge in [-0.3, -0.25) is 4.79 Å². The molecule has 0 bridgehead atoms. The van der Waals surface area contributed by atoms with Gasteiger partial charge in [0.05, 0.1) is 5.56 Å². The van der Waals surface area contributed by atoms with Gasteiger partial charge in [0.2, 0.25) is 5.95 Å². The average molecular weight is 305 g/mol. The molecule has 21 heavy (non-hydrogen) atoms. The van der Waals surface area contributed by atoms with Crippen molar-refractivity contribution in [2.24, 2.45) is 0 Å². The minimum atomic E-state index is -0.0574. The first-order valence-corrected chi connectivity index (χ1v) is 7.15. The third-order valence-electron chi connectivity index (χ3n) is 3.05. The SMILES string of the molecule is CCN(CC)C(=O)c1cnc(Nc2ccc(Cl)cc2)nc1. The van der Waals surface area contributed by atoms with Crippen LogP contribution in [0, 0.1) is 0 Å². The highest BCUT2D eigenvalue weighted by Gasteiger charge is 2.13. The maximum absolute atomic E-state index is 12.1. The Balaban J connectivity index is 2.08. The van der Waals surface area contributed by atoms with Crippen LogP contribution in [-0.4, -0.2) is 33.9 Å². The Kier molecular flexibility index (Phi) is 5.11. The van der Waals surface area contributed by atoms with Crippen LogP contribution in [0.25, 0.3) is 0 Å². The summed E-state index contributed by atoms with van der Waals surface area (Å²) in [7, 11) is 0. The number of amides is 1. The van der Waals surface area contributed by atoms with Crippen molar-refractivity contribution in [3.63, 3.8) is 0 Å². The van der Waals surface area contributed by atoms with Crippen molar-refractivity contribution in [3.8, 4) is 0 Å².